The molecule has 10 heteroatoms. The standard InChI is InChI=1S/C25H22F3N3O4/c1-14(2)23(34)21-15(3)31(19-6-4-5-18(11-19)25(26,27)28)24(35)30(13-20(32)33)22(21)17-9-7-16(12-29)8-10-17/h4-11,14,22H,13H2,1-3H3,(H,32,33). The average molecular weight is 485 g/mol. The maximum Gasteiger partial charge on any atom is 0.416 e. The van der Waals surface area contributed by atoms with E-state index in [0.717, 1.165) is 28.0 Å². The van der Waals surface area contributed by atoms with E-state index in [1.807, 2.05) is 6.07 Å². The van der Waals surface area contributed by atoms with Crippen LogP contribution in [0.4, 0.5) is 23.7 Å². The second kappa shape index (κ2) is 9.62. The Hall–Kier alpha value is -4.13. The third kappa shape index (κ3) is 5.04. The molecule has 7 nitrogen and oxygen atoms in total. The number of nitriles is 1. The fourth-order valence-corrected chi connectivity index (χ4v) is 4.00. The number of urea groups is 1. The van der Waals surface area contributed by atoms with E-state index in [1.165, 1.54) is 37.3 Å². The number of carboxylic acids is 1. The molecule has 0 fully saturated rings. The third-order valence-electron chi connectivity index (χ3n) is 5.63. The zero-order chi connectivity index (χ0) is 26.1. The molecule has 1 heterocycles. The predicted molar refractivity (Wildman–Crippen MR) is 120 cm³/mol. The summed E-state index contributed by atoms with van der Waals surface area (Å²) < 4.78 is 40.1. The Kier molecular flexibility index (Phi) is 7.01. The van der Waals surface area contributed by atoms with Gasteiger partial charge in [-0.05, 0) is 42.8 Å². The van der Waals surface area contributed by atoms with Gasteiger partial charge < -0.3 is 10.0 Å². The molecule has 0 saturated carbocycles. The molecular formula is C25H22F3N3O4. The van der Waals surface area contributed by atoms with Gasteiger partial charge in [0, 0.05) is 17.2 Å². The van der Waals surface area contributed by atoms with Gasteiger partial charge in [0.1, 0.15) is 6.54 Å². The Morgan fingerprint density at radius 3 is 2.29 bits per heavy atom. The van der Waals surface area contributed by atoms with Crippen LogP contribution in [0.15, 0.2) is 59.8 Å². The Bertz CT molecular complexity index is 1240. The van der Waals surface area contributed by atoms with Crippen LogP contribution in [0.5, 0.6) is 0 Å². The minimum Gasteiger partial charge on any atom is -0.480 e. The number of hydrogen-bond acceptors (Lipinski definition) is 4. The van der Waals surface area contributed by atoms with Gasteiger partial charge in [0.15, 0.2) is 5.78 Å². The lowest BCUT2D eigenvalue weighted by molar-refractivity contribution is -0.138. The monoisotopic (exact) mass is 485 g/mol. The van der Waals surface area contributed by atoms with E-state index in [9.17, 15) is 32.7 Å². The first kappa shape index (κ1) is 25.5. The van der Waals surface area contributed by atoms with Gasteiger partial charge in [-0.1, -0.05) is 32.0 Å². The van der Waals surface area contributed by atoms with Crippen molar-refractivity contribution in [3.05, 3.63) is 76.5 Å². The number of carboxylic acid groups (broad SMARTS) is 1. The Balaban J connectivity index is 2.30. The van der Waals surface area contributed by atoms with E-state index >= 15 is 0 Å². The predicted octanol–water partition coefficient (Wildman–Crippen LogP) is 5.14. The molecule has 1 aliphatic heterocycles. The van der Waals surface area contributed by atoms with E-state index in [0.29, 0.717) is 11.1 Å². The molecule has 2 aromatic rings. The fourth-order valence-electron chi connectivity index (χ4n) is 4.00. The number of halogens is 3. The Morgan fingerprint density at radius 1 is 1.14 bits per heavy atom. The summed E-state index contributed by atoms with van der Waals surface area (Å²) in [5.74, 6) is -2.31. The maximum atomic E-state index is 13.6. The molecule has 1 atom stereocenters. The van der Waals surface area contributed by atoms with Gasteiger partial charge >= 0.3 is 18.2 Å². The van der Waals surface area contributed by atoms with Crippen LogP contribution in [0, 0.1) is 17.2 Å². The molecule has 0 bridgehead atoms. The second-order valence-electron chi connectivity index (χ2n) is 8.34. The number of nitrogens with zero attached hydrogens (tertiary/aromatic N) is 3. The van der Waals surface area contributed by atoms with Gasteiger partial charge in [-0.3, -0.25) is 14.5 Å². The topological polar surface area (TPSA) is 102 Å². The Morgan fingerprint density at radius 2 is 1.77 bits per heavy atom. The fraction of sp³-hybridized carbons (Fsp3) is 0.280. The van der Waals surface area contributed by atoms with E-state index in [1.54, 1.807) is 13.8 Å². The number of benzene rings is 2. The largest absolute Gasteiger partial charge is 0.480 e. The molecule has 1 N–H and O–H groups in total. The van der Waals surface area contributed by atoms with Gasteiger partial charge in [-0.25, -0.2) is 4.79 Å². The minimum atomic E-state index is -4.67. The molecule has 0 aromatic heterocycles. The summed E-state index contributed by atoms with van der Waals surface area (Å²) >= 11 is 0. The number of hydrogen-bond donors (Lipinski definition) is 1. The molecule has 182 valence electrons. The summed E-state index contributed by atoms with van der Waals surface area (Å²) in [6.07, 6.45) is -4.67. The van der Waals surface area contributed by atoms with Crippen LogP contribution in [0.1, 0.15) is 43.5 Å². The van der Waals surface area contributed by atoms with E-state index in [2.05, 4.69) is 0 Å². The number of allylic oxidation sites excluding steroid dienone is 1. The molecule has 1 unspecified atom stereocenters. The lowest BCUT2D eigenvalue weighted by Gasteiger charge is -2.43. The van der Waals surface area contributed by atoms with Crippen molar-refractivity contribution in [2.24, 2.45) is 5.92 Å². The van der Waals surface area contributed by atoms with Crippen LogP contribution in [0.3, 0.4) is 0 Å². The van der Waals surface area contributed by atoms with Gasteiger partial charge in [0.25, 0.3) is 0 Å². The molecule has 2 aromatic carbocycles. The van der Waals surface area contributed by atoms with Gasteiger partial charge in [-0.2, -0.15) is 18.4 Å². The summed E-state index contributed by atoms with van der Waals surface area (Å²) in [5.41, 5.74) is -0.238. The molecular weight excluding hydrogens is 463 g/mol. The van der Waals surface area contributed by atoms with E-state index < -0.39 is 48.0 Å². The highest BCUT2D eigenvalue weighted by Gasteiger charge is 2.43. The lowest BCUT2D eigenvalue weighted by atomic mass is 9.86. The molecule has 2 amide bonds. The lowest BCUT2D eigenvalue weighted by Crippen LogP contribution is -2.52. The third-order valence-corrected chi connectivity index (χ3v) is 5.63. The average Bonchev–Trinajstić information content (AvgIpc) is 2.79. The van der Waals surface area contributed by atoms with Crippen molar-refractivity contribution < 1.29 is 32.7 Å². The number of anilines is 1. The number of alkyl halides is 3. The van der Waals surface area contributed by atoms with Crippen LogP contribution in [-0.4, -0.2) is 34.3 Å². The van der Waals surface area contributed by atoms with Crippen LogP contribution in [0.25, 0.3) is 0 Å². The van der Waals surface area contributed by atoms with Crippen molar-refractivity contribution in [1.82, 2.24) is 4.90 Å². The number of rotatable bonds is 6. The first-order valence-corrected chi connectivity index (χ1v) is 10.6. The molecule has 1 aliphatic rings. The SMILES string of the molecule is CC1=C(C(=O)C(C)C)C(c2ccc(C#N)cc2)N(CC(=O)O)C(=O)N1c1cccc(C(F)(F)F)c1. The number of Topliss-reactive ketones (excluding diaryl/α,β-unsaturated/α-hetero) is 1. The van der Waals surface area contributed by atoms with Crippen LogP contribution < -0.4 is 4.90 Å². The van der Waals surface area contributed by atoms with E-state index in [-0.39, 0.29) is 17.0 Å². The molecule has 0 spiro atoms. The van der Waals surface area contributed by atoms with E-state index in [4.69, 9.17) is 5.26 Å². The zero-order valence-electron chi connectivity index (χ0n) is 19.1. The summed E-state index contributed by atoms with van der Waals surface area (Å²) in [6, 6.07) is 10.0. The molecule has 0 aliphatic carbocycles. The molecule has 3 rings (SSSR count). The number of carbonyl (C=O) groups is 3. The van der Waals surface area contributed by atoms with Crippen molar-refractivity contribution in [1.29, 1.82) is 5.26 Å². The molecule has 0 saturated heterocycles. The van der Waals surface area contributed by atoms with Crippen molar-refractivity contribution in [3.8, 4) is 6.07 Å². The quantitative estimate of drug-likeness (QED) is 0.610. The summed E-state index contributed by atoms with van der Waals surface area (Å²) in [4.78, 5) is 40.5. The Labute approximate surface area is 199 Å². The summed E-state index contributed by atoms with van der Waals surface area (Å²) in [7, 11) is 0. The second-order valence-corrected chi connectivity index (χ2v) is 8.34. The van der Waals surface area contributed by atoms with Crippen molar-refractivity contribution >= 4 is 23.5 Å². The number of aliphatic carboxylic acids is 1. The normalized spacial score (nSPS) is 16.5. The summed E-state index contributed by atoms with van der Waals surface area (Å²) in [6.45, 7) is 3.90. The van der Waals surface area contributed by atoms with Crippen LogP contribution in [0.2, 0.25) is 0 Å². The van der Waals surface area contributed by atoms with Crippen molar-refractivity contribution in [2.45, 2.75) is 33.0 Å². The molecule has 0 radical (unpaired) electrons. The van der Waals surface area contributed by atoms with Gasteiger partial charge in [-0.15, -0.1) is 0 Å². The minimum absolute atomic E-state index is 0.0861. The first-order valence-electron chi connectivity index (χ1n) is 10.6. The molecule has 35 heavy (non-hydrogen) atoms. The zero-order valence-corrected chi connectivity index (χ0v) is 19.1. The van der Waals surface area contributed by atoms with Crippen LogP contribution >= 0.6 is 0 Å². The van der Waals surface area contributed by atoms with Gasteiger partial charge in [0.05, 0.1) is 28.9 Å². The van der Waals surface area contributed by atoms with Gasteiger partial charge in [0.2, 0.25) is 0 Å². The number of carbonyl (C=O) groups excluding carboxylic acids is 2. The maximum absolute atomic E-state index is 13.6. The van der Waals surface area contributed by atoms with Crippen molar-refractivity contribution in [2.75, 3.05) is 11.4 Å². The highest BCUT2D eigenvalue weighted by Crippen LogP contribution is 2.41. The number of amides is 2. The highest BCUT2D eigenvalue weighted by molar-refractivity contribution is 6.06. The van der Waals surface area contributed by atoms with Crippen LogP contribution in [-0.2, 0) is 15.8 Å². The summed E-state index contributed by atoms with van der Waals surface area (Å²) in [5, 5.41) is 18.6. The van der Waals surface area contributed by atoms with Crippen molar-refractivity contribution in [3.63, 3.8) is 0 Å². The number of ketones is 1. The highest BCUT2D eigenvalue weighted by atomic mass is 19.4. The smallest absolute Gasteiger partial charge is 0.416 e. The first-order chi connectivity index (χ1) is 16.4.